The van der Waals surface area contributed by atoms with Crippen molar-refractivity contribution in [1.82, 2.24) is 4.90 Å². The number of hydrogen-bond donors (Lipinski definition) is 1. The number of halogens is 1. The molecule has 0 bridgehead atoms. The van der Waals surface area contributed by atoms with E-state index in [-0.39, 0.29) is 6.04 Å². The van der Waals surface area contributed by atoms with Crippen LogP contribution in [0.15, 0.2) is 36.4 Å². The first-order valence-electron chi connectivity index (χ1n) is 7.48. The normalized spacial score (nSPS) is 19.7. The molecule has 0 aliphatic carbocycles. The highest BCUT2D eigenvalue weighted by Crippen LogP contribution is 2.42. The smallest absolute Gasteiger partial charge is 0.320 e. The lowest BCUT2D eigenvalue weighted by atomic mass is 10.0. The lowest BCUT2D eigenvalue weighted by molar-refractivity contribution is -0.142. The summed E-state index contributed by atoms with van der Waals surface area (Å²) >= 11 is 7.61. The van der Waals surface area contributed by atoms with Crippen LogP contribution in [0.2, 0.25) is 4.34 Å². The number of rotatable bonds is 5. The Morgan fingerprint density at radius 2 is 2.17 bits per heavy atom. The summed E-state index contributed by atoms with van der Waals surface area (Å²) in [6.07, 6.45) is 1.54. The zero-order valence-electron chi connectivity index (χ0n) is 12.7. The van der Waals surface area contributed by atoms with Gasteiger partial charge in [-0.3, -0.25) is 9.69 Å². The highest BCUT2D eigenvalue weighted by molar-refractivity contribution is 7.16. The first-order valence-corrected chi connectivity index (χ1v) is 8.68. The van der Waals surface area contributed by atoms with Crippen LogP contribution in [-0.4, -0.2) is 35.7 Å². The first-order chi connectivity index (χ1) is 11.1. The second-order valence-electron chi connectivity index (χ2n) is 5.52. The number of carbonyl (C=O) groups is 1. The summed E-state index contributed by atoms with van der Waals surface area (Å²) in [5.41, 5.74) is 0.974. The van der Waals surface area contributed by atoms with Crippen molar-refractivity contribution in [3.63, 3.8) is 0 Å². The molecule has 1 aromatic heterocycles. The van der Waals surface area contributed by atoms with Gasteiger partial charge in [-0.2, -0.15) is 0 Å². The number of aliphatic carboxylic acids is 1. The summed E-state index contributed by atoms with van der Waals surface area (Å²) in [6.45, 7) is 0.745. The molecule has 0 spiro atoms. The highest BCUT2D eigenvalue weighted by atomic mass is 35.5. The number of benzene rings is 1. The Labute approximate surface area is 144 Å². The molecule has 122 valence electrons. The van der Waals surface area contributed by atoms with E-state index in [1.54, 1.807) is 7.11 Å². The van der Waals surface area contributed by atoms with Crippen molar-refractivity contribution in [1.29, 1.82) is 0 Å². The van der Waals surface area contributed by atoms with Crippen molar-refractivity contribution in [3.8, 4) is 5.75 Å². The van der Waals surface area contributed by atoms with E-state index in [1.807, 2.05) is 41.3 Å². The summed E-state index contributed by atoms with van der Waals surface area (Å²) in [5, 5.41) is 9.56. The molecule has 2 unspecified atom stereocenters. The van der Waals surface area contributed by atoms with E-state index in [4.69, 9.17) is 16.3 Å². The largest absolute Gasteiger partial charge is 0.496 e. The first kappa shape index (κ1) is 16.3. The van der Waals surface area contributed by atoms with Gasteiger partial charge in [0.1, 0.15) is 11.8 Å². The minimum atomic E-state index is -0.773. The fourth-order valence-corrected chi connectivity index (χ4v) is 4.43. The third-order valence-electron chi connectivity index (χ3n) is 4.21. The average Bonchev–Trinajstić information content (AvgIpc) is 3.18. The van der Waals surface area contributed by atoms with Crippen LogP contribution in [0, 0.1) is 0 Å². The number of ether oxygens (including phenoxy) is 1. The SMILES string of the molecule is COc1ccccc1C(c1ccc(Cl)s1)N1CCCC1C(=O)O. The van der Waals surface area contributed by atoms with E-state index < -0.39 is 12.0 Å². The molecule has 3 rings (SSSR count). The maximum absolute atomic E-state index is 11.6. The molecule has 1 aliphatic heterocycles. The van der Waals surface area contributed by atoms with Gasteiger partial charge in [0.05, 0.1) is 17.5 Å². The molecule has 0 radical (unpaired) electrons. The quantitative estimate of drug-likeness (QED) is 0.883. The number of carboxylic acids is 1. The molecule has 1 aromatic carbocycles. The van der Waals surface area contributed by atoms with Crippen LogP contribution in [0.5, 0.6) is 5.75 Å². The van der Waals surface area contributed by atoms with Gasteiger partial charge in [-0.15, -0.1) is 11.3 Å². The fraction of sp³-hybridized carbons (Fsp3) is 0.353. The number of methoxy groups -OCH3 is 1. The maximum atomic E-state index is 11.6. The zero-order chi connectivity index (χ0) is 16.4. The number of carboxylic acid groups (broad SMARTS) is 1. The molecule has 6 heteroatoms. The third-order valence-corrected chi connectivity index (χ3v) is 5.49. The summed E-state index contributed by atoms with van der Waals surface area (Å²) in [7, 11) is 1.63. The van der Waals surface area contributed by atoms with Crippen LogP contribution in [0.25, 0.3) is 0 Å². The van der Waals surface area contributed by atoms with E-state index in [2.05, 4.69) is 0 Å². The summed E-state index contributed by atoms with van der Waals surface area (Å²) in [6, 6.07) is 11.0. The minimum absolute atomic E-state index is 0.160. The molecule has 1 aliphatic rings. The lowest BCUT2D eigenvalue weighted by Crippen LogP contribution is -2.39. The van der Waals surface area contributed by atoms with Gasteiger partial charge < -0.3 is 9.84 Å². The number of likely N-dealkylation sites (tertiary alicyclic amines) is 1. The highest BCUT2D eigenvalue weighted by Gasteiger charge is 2.38. The molecule has 2 heterocycles. The Morgan fingerprint density at radius 3 is 2.83 bits per heavy atom. The van der Waals surface area contributed by atoms with Crippen LogP contribution in [0.1, 0.15) is 29.3 Å². The molecule has 2 aromatic rings. The molecule has 1 saturated heterocycles. The van der Waals surface area contributed by atoms with E-state index in [1.165, 1.54) is 11.3 Å². The molecule has 23 heavy (non-hydrogen) atoms. The van der Waals surface area contributed by atoms with Crippen molar-refractivity contribution in [2.45, 2.75) is 24.9 Å². The van der Waals surface area contributed by atoms with Crippen LogP contribution in [-0.2, 0) is 4.79 Å². The van der Waals surface area contributed by atoms with Gasteiger partial charge in [0.25, 0.3) is 0 Å². The van der Waals surface area contributed by atoms with E-state index >= 15 is 0 Å². The molecule has 1 N–H and O–H groups in total. The molecule has 4 nitrogen and oxygen atoms in total. The van der Waals surface area contributed by atoms with Gasteiger partial charge in [0, 0.05) is 17.0 Å². The van der Waals surface area contributed by atoms with E-state index in [0.29, 0.717) is 10.8 Å². The standard InChI is InChI=1S/C17H18ClNO3S/c1-22-13-7-3-2-5-11(13)16(14-8-9-15(18)23-14)19-10-4-6-12(19)17(20)21/h2-3,5,7-9,12,16H,4,6,10H2,1H3,(H,20,21). The summed E-state index contributed by atoms with van der Waals surface area (Å²) in [5.74, 6) is -0.0110. The lowest BCUT2D eigenvalue weighted by Gasteiger charge is -2.31. The molecular formula is C17H18ClNO3S. The van der Waals surface area contributed by atoms with Crippen molar-refractivity contribution < 1.29 is 14.6 Å². The maximum Gasteiger partial charge on any atom is 0.320 e. The molecular weight excluding hydrogens is 334 g/mol. The number of para-hydroxylation sites is 1. The van der Waals surface area contributed by atoms with E-state index in [0.717, 1.165) is 29.2 Å². The van der Waals surface area contributed by atoms with Gasteiger partial charge in [0.15, 0.2) is 0 Å². The van der Waals surface area contributed by atoms with Crippen LogP contribution in [0.3, 0.4) is 0 Å². The summed E-state index contributed by atoms with van der Waals surface area (Å²) < 4.78 is 6.21. The van der Waals surface area contributed by atoms with Crippen molar-refractivity contribution in [2.24, 2.45) is 0 Å². The Kier molecular flexibility index (Phi) is 4.90. The second-order valence-corrected chi connectivity index (χ2v) is 7.27. The second kappa shape index (κ2) is 6.91. The van der Waals surface area contributed by atoms with E-state index in [9.17, 15) is 9.90 Å². The van der Waals surface area contributed by atoms with Crippen LogP contribution < -0.4 is 4.74 Å². The fourth-order valence-electron chi connectivity index (χ4n) is 3.23. The Balaban J connectivity index is 2.09. The Bertz CT molecular complexity index is 703. The van der Waals surface area contributed by atoms with Crippen molar-refractivity contribution in [2.75, 3.05) is 13.7 Å². The van der Waals surface area contributed by atoms with Gasteiger partial charge >= 0.3 is 5.97 Å². The topological polar surface area (TPSA) is 49.8 Å². The molecule has 0 amide bonds. The van der Waals surface area contributed by atoms with Crippen molar-refractivity contribution in [3.05, 3.63) is 51.2 Å². The van der Waals surface area contributed by atoms with Crippen LogP contribution >= 0.6 is 22.9 Å². The number of nitrogens with zero attached hydrogens (tertiary/aromatic N) is 1. The van der Waals surface area contributed by atoms with Crippen molar-refractivity contribution >= 4 is 28.9 Å². The minimum Gasteiger partial charge on any atom is -0.496 e. The van der Waals surface area contributed by atoms with Gasteiger partial charge in [0.2, 0.25) is 0 Å². The average molecular weight is 352 g/mol. The number of thiophene rings is 1. The molecule has 1 fully saturated rings. The Hall–Kier alpha value is -1.56. The zero-order valence-corrected chi connectivity index (χ0v) is 14.3. The predicted octanol–water partition coefficient (Wildman–Crippen LogP) is 4.05. The Morgan fingerprint density at radius 1 is 1.39 bits per heavy atom. The molecule has 0 saturated carbocycles. The van der Waals surface area contributed by atoms with Gasteiger partial charge in [-0.05, 0) is 31.0 Å². The van der Waals surface area contributed by atoms with Gasteiger partial charge in [-0.25, -0.2) is 0 Å². The monoisotopic (exact) mass is 351 g/mol. The molecule has 2 atom stereocenters. The van der Waals surface area contributed by atoms with Crippen LogP contribution in [0.4, 0.5) is 0 Å². The van der Waals surface area contributed by atoms with Gasteiger partial charge in [-0.1, -0.05) is 29.8 Å². The number of hydrogen-bond acceptors (Lipinski definition) is 4. The summed E-state index contributed by atoms with van der Waals surface area (Å²) in [4.78, 5) is 14.7. The third kappa shape index (κ3) is 3.22. The predicted molar refractivity (Wildman–Crippen MR) is 91.5 cm³/mol.